The Hall–Kier alpha value is -1.40. The molecule has 1 aromatic heterocycles. The van der Waals surface area contributed by atoms with Crippen molar-refractivity contribution < 1.29 is 10.2 Å². The van der Waals surface area contributed by atoms with Crippen LogP contribution in [-0.2, 0) is 0 Å². The largest absolute Gasteiger partial charge is 0.394 e. The third-order valence-corrected chi connectivity index (χ3v) is 2.86. The van der Waals surface area contributed by atoms with Crippen molar-refractivity contribution in [2.75, 3.05) is 30.9 Å². The summed E-state index contributed by atoms with van der Waals surface area (Å²) >= 11 is 0. The Labute approximate surface area is 101 Å². The number of aryl methyl sites for hydroxylation is 1. The zero-order chi connectivity index (χ0) is 12.9. The van der Waals surface area contributed by atoms with Crippen LogP contribution in [0.25, 0.3) is 0 Å². The molecule has 0 aromatic carbocycles. The molecule has 0 atom stereocenters. The van der Waals surface area contributed by atoms with E-state index >= 15 is 0 Å². The van der Waals surface area contributed by atoms with E-state index in [-0.39, 0.29) is 13.2 Å². The van der Waals surface area contributed by atoms with Gasteiger partial charge in [-0.25, -0.2) is 4.98 Å². The molecule has 17 heavy (non-hydrogen) atoms. The van der Waals surface area contributed by atoms with E-state index in [2.05, 4.69) is 20.6 Å². The summed E-state index contributed by atoms with van der Waals surface area (Å²) in [6.07, 6.45) is 2.29. The molecule has 0 aliphatic heterocycles. The fourth-order valence-electron chi connectivity index (χ4n) is 1.38. The number of aliphatic hydroxyl groups is 2. The molecule has 6 nitrogen and oxygen atoms in total. The van der Waals surface area contributed by atoms with Crippen molar-refractivity contribution in [1.29, 1.82) is 0 Å². The molecule has 4 N–H and O–H groups in total. The molecule has 6 heteroatoms. The summed E-state index contributed by atoms with van der Waals surface area (Å²) in [7, 11) is 1.74. The quantitative estimate of drug-likeness (QED) is 0.574. The predicted octanol–water partition coefficient (Wildman–Crippen LogP) is 0.372. The third kappa shape index (κ3) is 3.04. The molecule has 96 valence electrons. The fourth-order valence-corrected chi connectivity index (χ4v) is 1.38. The van der Waals surface area contributed by atoms with E-state index in [9.17, 15) is 10.2 Å². The zero-order valence-electron chi connectivity index (χ0n) is 10.5. The average Bonchev–Trinajstić information content (AvgIpc) is 2.38. The number of nitrogens with zero attached hydrogens (tertiary/aromatic N) is 2. The maximum atomic E-state index is 9.37. The summed E-state index contributed by atoms with van der Waals surface area (Å²) in [6, 6.07) is 0. The molecular formula is C11H20N4O2. The lowest BCUT2D eigenvalue weighted by atomic mass is 9.98. The van der Waals surface area contributed by atoms with Crippen LogP contribution in [0.15, 0.2) is 6.20 Å². The molecule has 0 aliphatic carbocycles. The second-order valence-electron chi connectivity index (χ2n) is 4.05. The van der Waals surface area contributed by atoms with Gasteiger partial charge in [-0.1, -0.05) is 6.92 Å². The summed E-state index contributed by atoms with van der Waals surface area (Å²) in [5.41, 5.74) is 0.119. The lowest BCUT2D eigenvalue weighted by molar-refractivity contribution is 0.132. The summed E-state index contributed by atoms with van der Waals surface area (Å²) in [4.78, 5) is 8.34. The van der Waals surface area contributed by atoms with Crippen molar-refractivity contribution in [2.24, 2.45) is 0 Å². The molecule has 0 bridgehead atoms. The Morgan fingerprint density at radius 3 is 2.47 bits per heavy atom. The topological polar surface area (TPSA) is 90.3 Å². The van der Waals surface area contributed by atoms with Crippen LogP contribution in [-0.4, -0.2) is 46.0 Å². The molecule has 0 fully saturated rings. The third-order valence-electron chi connectivity index (χ3n) is 2.86. The summed E-state index contributed by atoms with van der Waals surface area (Å²) in [5.74, 6) is 1.12. The number of rotatable bonds is 6. The van der Waals surface area contributed by atoms with Gasteiger partial charge in [0.1, 0.15) is 5.82 Å². The lowest BCUT2D eigenvalue weighted by Gasteiger charge is -2.30. The Kier molecular flexibility index (Phi) is 4.65. The lowest BCUT2D eigenvalue weighted by Crippen LogP contribution is -2.45. The Bertz CT molecular complexity index is 358. The summed E-state index contributed by atoms with van der Waals surface area (Å²) < 4.78 is 0. The highest BCUT2D eigenvalue weighted by atomic mass is 16.3. The molecule has 0 aliphatic rings. The highest BCUT2D eigenvalue weighted by molar-refractivity contribution is 5.48. The first-order valence-electron chi connectivity index (χ1n) is 5.62. The second kappa shape index (κ2) is 5.79. The van der Waals surface area contributed by atoms with Gasteiger partial charge in [0.05, 0.1) is 18.8 Å². The van der Waals surface area contributed by atoms with Gasteiger partial charge in [0.25, 0.3) is 0 Å². The van der Waals surface area contributed by atoms with Crippen LogP contribution < -0.4 is 10.6 Å². The smallest absolute Gasteiger partial charge is 0.224 e. The number of hydrogen-bond donors (Lipinski definition) is 4. The predicted molar refractivity (Wildman–Crippen MR) is 67.1 cm³/mol. The van der Waals surface area contributed by atoms with Crippen LogP contribution in [0.3, 0.4) is 0 Å². The fraction of sp³-hybridized carbons (Fsp3) is 0.636. The minimum Gasteiger partial charge on any atom is -0.394 e. The number of aromatic nitrogens is 2. The molecule has 0 unspecified atom stereocenters. The second-order valence-corrected chi connectivity index (χ2v) is 4.05. The van der Waals surface area contributed by atoms with Gasteiger partial charge in [-0.2, -0.15) is 4.98 Å². The van der Waals surface area contributed by atoms with Gasteiger partial charge >= 0.3 is 0 Å². The Morgan fingerprint density at radius 1 is 1.35 bits per heavy atom. The van der Waals surface area contributed by atoms with Gasteiger partial charge in [-0.05, 0) is 13.3 Å². The average molecular weight is 240 g/mol. The van der Waals surface area contributed by atoms with Gasteiger partial charge in [0.15, 0.2) is 0 Å². The molecule has 0 radical (unpaired) electrons. The van der Waals surface area contributed by atoms with Crippen molar-refractivity contribution in [2.45, 2.75) is 25.8 Å². The van der Waals surface area contributed by atoms with Gasteiger partial charge in [0, 0.05) is 18.8 Å². The van der Waals surface area contributed by atoms with Crippen molar-refractivity contribution >= 4 is 11.8 Å². The van der Waals surface area contributed by atoms with E-state index in [1.54, 1.807) is 13.2 Å². The number of nitrogens with one attached hydrogen (secondary N) is 2. The highest BCUT2D eigenvalue weighted by Gasteiger charge is 2.27. The summed E-state index contributed by atoms with van der Waals surface area (Å²) in [6.45, 7) is 3.46. The number of anilines is 2. The zero-order valence-corrected chi connectivity index (χ0v) is 10.5. The number of aliphatic hydroxyl groups excluding tert-OH is 2. The minimum atomic E-state index is -0.746. The van der Waals surface area contributed by atoms with Crippen LogP contribution in [0, 0.1) is 6.92 Å². The van der Waals surface area contributed by atoms with E-state index < -0.39 is 5.54 Å². The highest BCUT2D eigenvalue weighted by Crippen LogP contribution is 2.20. The standard InChI is InChI=1S/C11H20N4O2/c1-4-11(6-16,7-17)15-9-8(2)5-13-10(12-3)14-9/h5,16-17H,4,6-7H2,1-3H3,(H2,12,13,14,15). The first-order valence-corrected chi connectivity index (χ1v) is 5.62. The van der Waals surface area contributed by atoms with E-state index in [1.165, 1.54) is 0 Å². The van der Waals surface area contributed by atoms with E-state index in [0.717, 1.165) is 5.56 Å². The molecule has 0 saturated carbocycles. The molecule has 1 heterocycles. The molecule has 0 spiro atoms. The van der Waals surface area contributed by atoms with Gasteiger partial charge in [-0.15, -0.1) is 0 Å². The normalized spacial score (nSPS) is 11.4. The molecule has 0 amide bonds. The number of hydrogen-bond acceptors (Lipinski definition) is 6. The maximum absolute atomic E-state index is 9.37. The molecule has 0 saturated heterocycles. The molecule has 1 rings (SSSR count). The van der Waals surface area contributed by atoms with E-state index in [0.29, 0.717) is 18.2 Å². The van der Waals surface area contributed by atoms with Crippen molar-refractivity contribution in [3.8, 4) is 0 Å². The summed E-state index contributed by atoms with van der Waals surface area (Å²) in [5, 5.41) is 24.7. The minimum absolute atomic E-state index is 0.154. The SMILES string of the molecule is CCC(CO)(CO)Nc1nc(NC)ncc1C. The maximum Gasteiger partial charge on any atom is 0.224 e. The van der Waals surface area contributed by atoms with Crippen LogP contribution in [0.2, 0.25) is 0 Å². The Balaban J connectivity index is 2.99. The first kappa shape index (κ1) is 13.7. The van der Waals surface area contributed by atoms with Gasteiger partial charge < -0.3 is 20.8 Å². The van der Waals surface area contributed by atoms with E-state index in [1.807, 2.05) is 13.8 Å². The van der Waals surface area contributed by atoms with Crippen molar-refractivity contribution in [1.82, 2.24) is 9.97 Å². The molecule has 1 aromatic rings. The van der Waals surface area contributed by atoms with Crippen LogP contribution >= 0.6 is 0 Å². The van der Waals surface area contributed by atoms with Crippen molar-refractivity contribution in [3.63, 3.8) is 0 Å². The van der Waals surface area contributed by atoms with E-state index in [4.69, 9.17) is 0 Å². The Morgan fingerprint density at radius 2 is 2.00 bits per heavy atom. The van der Waals surface area contributed by atoms with Crippen LogP contribution in [0.5, 0.6) is 0 Å². The monoisotopic (exact) mass is 240 g/mol. The van der Waals surface area contributed by atoms with Crippen LogP contribution in [0.4, 0.5) is 11.8 Å². The van der Waals surface area contributed by atoms with Gasteiger partial charge in [-0.3, -0.25) is 0 Å². The van der Waals surface area contributed by atoms with Gasteiger partial charge in [0.2, 0.25) is 5.95 Å². The van der Waals surface area contributed by atoms with Crippen molar-refractivity contribution in [3.05, 3.63) is 11.8 Å². The van der Waals surface area contributed by atoms with Crippen LogP contribution in [0.1, 0.15) is 18.9 Å². The first-order chi connectivity index (χ1) is 8.10. The molecular weight excluding hydrogens is 220 g/mol.